The van der Waals surface area contributed by atoms with Gasteiger partial charge in [-0.05, 0) is 43.5 Å². The van der Waals surface area contributed by atoms with Gasteiger partial charge in [-0.25, -0.2) is 9.37 Å². The summed E-state index contributed by atoms with van der Waals surface area (Å²) in [6, 6.07) is 9.57. The second kappa shape index (κ2) is 9.61. The van der Waals surface area contributed by atoms with E-state index >= 15 is 0 Å². The normalized spacial score (nSPS) is 15.8. The molecule has 3 rings (SSSR count). The molecule has 1 saturated heterocycles. The molecule has 0 saturated carbocycles. The van der Waals surface area contributed by atoms with Gasteiger partial charge in [-0.2, -0.15) is 0 Å². The minimum Gasteiger partial charge on any atom is -0.475 e. The van der Waals surface area contributed by atoms with E-state index in [9.17, 15) is 9.18 Å². The number of hydrogen-bond donors (Lipinski definition) is 1. The van der Waals surface area contributed by atoms with Crippen LogP contribution in [0.2, 0.25) is 0 Å². The van der Waals surface area contributed by atoms with E-state index in [1.165, 1.54) is 12.1 Å². The second-order valence-corrected chi connectivity index (χ2v) is 6.59. The van der Waals surface area contributed by atoms with Crippen molar-refractivity contribution in [3.63, 3.8) is 0 Å². The highest BCUT2D eigenvalue weighted by atomic mass is 19.1. The maximum atomic E-state index is 13.3. The topological polar surface area (TPSA) is 69.7 Å². The van der Waals surface area contributed by atoms with Crippen molar-refractivity contribution >= 4 is 11.6 Å². The lowest BCUT2D eigenvalue weighted by atomic mass is 9.73. The van der Waals surface area contributed by atoms with Crippen LogP contribution in [0.3, 0.4) is 0 Å². The molecule has 0 spiro atoms. The number of halogens is 1. The first-order valence-corrected chi connectivity index (χ1v) is 9.46. The molecule has 0 unspecified atom stereocenters. The molecule has 0 radical (unpaired) electrons. The van der Waals surface area contributed by atoms with Gasteiger partial charge in [-0.3, -0.25) is 4.79 Å². The number of aromatic nitrogens is 1. The molecule has 1 aromatic heterocycles. The number of anilines is 1. The fourth-order valence-corrected chi connectivity index (χ4v) is 3.28. The predicted molar refractivity (Wildman–Crippen MR) is 103 cm³/mol. The third kappa shape index (κ3) is 4.85. The summed E-state index contributed by atoms with van der Waals surface area (Å²) in [5, 5.41) is 2.94. The molecule has 0 atom stereocenters. The van der Waals surface area contributed by atoms with E-state index < -0.39 is 5.41 Å². The summed E-state index contributed by atoms with van der Waals surface area (Å²) in [5.41, 5.74) is 0.618. The van der Waals surface area contributed by atoms with Gasteiger partial charge in [0.25, 0.3) is 0 Å². The van der Waals surface area contributed by atoms with Crippen LogP contribution in [-0.2, 0) is 19.7 Å². The van der Waals surface area contributed by atoms with Gasteiger partial charge < -0.3 is 19.5 Å². The lowest BCUT2D eigenvalue weighted by Gasteiger charge is -2.36. The van der Waals surface area contributed by atoms with Crippen LogP contribution >= 0.6 is 0 Å². The predicted octanol–water partition coefficient (Wildman–Crippen LogP) is 3.32. The quantitative estimate of drug-likeness (QED) is 0.703. The maximum Gasteiger partial charge on any atom is 0.235 e. The molecular weight excluding hydrogens is 363 g/mol. The Bertz CT molecular complexity index is 759. The van der Waals surface area contributed by atoms with Crippen LogP contribution < -0.4 is 10.1 Å². The SMILES string of the molecule is CCOCCOc1ccc(NC(=O)C2(c3ccc(F)cc3)CCOCC2)cn1. The van der Waals surface area contributed by atoms with Crippen LogP contribution in [0.25, 0.3) is 0 Å². The molecule has 0 bridgehead atoms. The largest absolute Gasteiger partial charge is 0.475 e. The third-order valence-corrected chi connectivity index (χ3v) is 4.85. The Balaban J connectivity index is 1.69. The Morgan fingerprint density at radius 3 is 2.57 bits per heavy atom. The van der Waals surface area contributed by atoms with E-state index in [1.807, 2.05) is 6.92 Å². The average Bonchev–Trinajstić information content (AvgIpc) is 2.73. The molecule has 1 fully saturated rings. The minimum absolute atomic E-state index is 0.144. The molecule has 1 aliphatic heterocycles. The summed E-state index contributed by atoms with van der Waals surface area (Å²) in [4.78, 5) is 17.4. The number of pyridine rings is 1. The summed E-state index contributed by atoms with van der Waals surface area (Å²) in [6.45, 7) is 4.44. The van der Waals surface area contributed by atoms with Gasteiger partial charge in [0.1, 0.15) is 12.4 Å². The van der Waals surface area contributed by atoms with Crippen LogP contribution in [0.1, 0.15) is 25.3 Å². The van der Waals surface area contributed by atoms with Crippen molar-refractivity contribution in [3.8, 4) is 5.88 Å². The number of carbonyl (C=O) groups excluding carboxylic acids is 1. The molecule has 2 aromatic rings. The number of carbonyl (C=O) groups is 1. The number of ether oxygens (including phenoxy) is 3. The van der Waals surface area contributed by atoms with E-state index in [0.29, 0.717) is 57.4 Å². The molecule has 1 aromatic carbocycles. The monoisotopic (exact) mass is 388 g/mol. The lowest BCUT2D eigenvalue weighted by Crippen LogP contribution is -2.44. The van der Waals surface area contributed by atoms with Crippen LogP contribution in [0.4, 0.5) is 10.1 Å². The summed E-state index contributed by atoms with van der Waals surface area (Å²) >= 11 is 0. The van der Waals surface area contributed by atoms with Crippen molar-refractivity contribution < 1.29 is 23.4 Å². The van der Waals surface area contributed by atoms with Gasteiger partial charge in [0.2, 0.25) is 11.8 Å². The maximum absolute atomic E-state index is 13.3. The molecule has 7 heteroatoms. The Labute approximate surface area is 164 Å². The number of amides is 1. The first kappa shape index (κ1) is 20.2. The van der Waals surface area contributed by atoms with E-state index in [0.717, 1.165) is 5.56 Å². The molecule has 2 heterocycles. The van der Waals surface area contributed by atoms with Crippen molar-refractivity contribution in [3.05, 3.63) is 54.0 Å². The van der Waals surface area contributed by atoms with Crippen molar-refractivity contribution in [2.24, 2.45) is 0 Å². The van der Waals surface area contributed by atoms with E-state index in [1.54, 1.807) is 30.5 Å². The van der Waals surface area contributed by atoms with Gasteiger partial charge in [0, 0.05) is 25.9 Å². The number of nitrogens with one attached hydrogen (secondary N) is 1. The third-order valence-electron chi connectivity index (χ3n) is 4.85. The summed E-state index contributed by atoms with van der Waals surface area (Å²) in [5.74, 6) is 0.00160. The number of rotatable bonds is 8. The van der Waals surface area contributed by atoms with Gasteiger partial charge in [-0.15, -0.1) is 0 Å². The molecular formula is C21H25FN2O4. The average molecular weight is 388 g/mol. The fourth-order valence-electron chi connectivity index (χ4n) is 3.28. The van der Waals surface area contributed by atoms with Crippen LogP contribution in [-0.4, -0.2) is 43.9 Å². The first-order chi connectivity index (χ1) is 13.6. The van der Waals surface area contributed by atoms with Crippen molar-refractivity contribution in [1.82, 2.24) is 4.98 Å². The van der Waals surface area contributed by atoms with Gasteiger partial charge in [0.15, 0.2) is 0 Å². The van der Waals surface area contributed by atoms with Crippen LogP contribution in [0, 0.1) is 5.82 Å². The van der Waals surface area contributed by atoms with Gasteiger partial charge >= 0.3 is 0 Å². The van der Waals surface area contributed by atoms with Crippen LogP contribution in [0.5, 0.6) is 5.88 Å². The lowest BCUT2D eigenvalue weighted by molar-refractivity contribution is -0.125. The molecule has 6 nitrogen and oxygen atoms in total. The first-order valence-electron chi connectivity index (χ1n) is 9.46. The number of nitrogens with zero attached hydrogens (tertiary/aromatic N) is 1. The van der Waals surface area contributed by atoms with Gasteiger partial charge in [0.05, 0.1) is 23.9 Å². The number of hydrogen-bond acceptors (Lipinski definition) is 5. The summed E-state index contributed by atoms with van der Waals surface area (Å²) < 4.78 is 29.5. The highest BCUT2D eigenvalue weighted by Gasteiger charge is 2.41. The summed E-state index contributed by atoms with van der Waals surface area (Å²) in [7, 11) is 0. The van der Waals surface area contributed by atoms with E-state index in [2.05, 4.69) is 10.3 Å². The molecule has 28 heavy (non-hydrogen) atoms. The molecule has 1 N–H and O–H groups in total. The summed E-state index contributed by atoms with van der Waals surface area (Å²) in [6.07, 6.45) is 2.64. The molecule has 1 amide bonds. The second-order valence-electron chi connectivity index (χ2n) is 6.59. The Hall–Kier alpha value is -2.51. The number of benzene rings is 1. The van der Waals surface area contributed by atoms with Gasteiger partial charge in [-0.1, -0.05) is 12.1 Å². The Morgan fingerprint density at radius 2 is 1.93 bits per heavy atom. The van der Waals surface area contributed by atoms with Crippen molar-refractivity contribution in [1.29, 1.82) is 0 Å². The van der Waals surface area contributed by atoms with Crippen molar-refractivity contribution in [2.75, 3.05) is 38.4 Å². The van der Waals surface area contributed by atoms with Crippen LogP contribution in [0.15, 0.2) is 42.6 Å². The fraction of sp³-hybridized carbons (Fsp3) is 0.429. The molecule has 0 aliphatic carbocycles. The van der Waals surface area contributed by atoms with E-state index in [4.69, 9.17) is 14.2 Å². The Kier molecular flexibility index (Phi) is 6.95. The highest BCUT2D eigenvalue weighted by Crippen LogP contribution is 2.36. The zero-order valence-corrected chi connectivity index (χ0v) is 15.9. The zero-order chi connectivity index (χ0) is 19.8. The van der Waals surface area contributed by atoms with E-state index in [-0.39, 0.29) is 11.7 Å². The smallest absolute Gasteiger partial charge is 0.235 e. The standard InChI is InChI=1S/C21H25FN2O4/c1-2-26-13-14-28-19-8-7-18(15-23-19)24-20(25)21(9-11-27-12-10-21)16-3-5-17(22)6-4-16/h3-8,15H,2,9-14H2,1H3,(H,24,25). The van der Waals surface area contributed by atoms with Crippen molar-refractivity contribution in [2.45, 2.75) is 25.2 Å². The Morgan fingerprint density at radius 1 is 1.18 bits per heavy atom. The highest BCUT2D eigenvalue weighted by molar-refractivity contribution is 5.99. The molecule has 150 valence electrons. The molecule has 1 aliphatic rings. The minimum atomic E-state index is -0.751. The zero-order valence-electron chi connectivity index (χ0n) is 15.9.